The minimum Gasteiger partial charge on any atom is -0.356 e. The summed E-state index contributed by atoms with van der Waals surface area (Å²) in [6.07, 6.45) is 4.54. The number of pyridine rings is 1. The molecule has 1 unspecified atom stereocenters. The molecule has 1 aromatic heterocycles. The summed E-state index contributed by atoms with van der Waals surface area (Å²) in [6.45, 7) is 9.13. The standard InChI is InChI=1S/C19H33N5O/c1-4-23-13-8-10-17(23)15-22-19(20-3)21-12-5-6-14-24-16(2)9-7-11-18(24)25/h7,9,11,17H,4-6,8,10,12-15H2,1-3H3,(H2,20,21,22). The number of hydrogen-bond acceptors (Lipinski definition) is 3. The number of unbranched alkanes of at least 4 members (excludes halogenated alkanes) is 1. The third-order valence-corrected chi connectivity index (χ3v) is 5.00. The van der Waals surface area contributed by atoms with Crippen LogP contribution in [0.15, 0.2) is 28.0 Å². The molecule has 1 atom stereocenters. The van der Waals surface area contributed by atoms with E-state index < -0.39 is 0 Å². The Labute approximate surface area is 151 Å². The number of aliphatic imine (C=N–C) groups is 1. The number of guanidine groups is 1. The summed E-state index contributed by atoms with van der Waals surface area (Å²) in [4.78, 5) is 18.7. The highest BCUT2D eigenvalue weighted by atomic mass is 16.1. The Morgan fingerprint density at radius 3 is 2.88 bits per heavy atom. The van der Waals surface area contributed by atoms with Gasteiger partial charge < -0.3 is 15.2 Å². The number of likely N-dealkylation sites (N-methyl/N-ethyl adjacent to an activating group) is 1. The minimum atomic E-state index is 0.0856. The van der Waals surface area contributed by atoms with Crippen LogP contribution >= 0.6 is 0 Å². The lowest BCUT2D eigenvalue weighted by Gasteiger charge is -2.24. The molecule has 0 aromatic carbocycles. The van der Waals surface area contributed by atoms with Crippen LogP contribution in [0.1, 0.15) is 38.3 Å². The summed E-state index contributed by atoms with van der Waals surface area (Å²) < 4.78 is 1.84. The molecular formula is C19H33N5O. The molecule has 0 amide bonds. The highest BCUT2D eigenvalue weighted by Crippen LogP contribution is 2.15. The molecule has 0 spiro atoms. The molecule has 25 heavy (non-hydrogen) atoms. The fourth-order valence-corrected chi connectivity index (χ4v) is 3.49. The molecule has 2 N–H and O–H groups in total. The summed E-state index contributed by atoms with van der Waals surface area (Å²) in [5.74, 6) is 0.871. The van der Waals surface area contributed by atoms with Crippen LogP contribution in [-0.4, -0.2) is 54.7 Å². The first-order valence-corrected chi connectivity index (χ1v) is 9.50. The lowest BCUT2D eigenvalue weighted by molar-refractivity contribution is 0.267. The van der Waals surface area contributed by atoms with Crippen molar-refractivity contribution in [2.75, 3.05) is 33.2 Å². The molecule has 2 rings (SSSR count). The van der Waals surface area contributed by atoms with Crippen LogP contribution in [0.3, 0.4) is 0 Å². The Kier molecular flexibility index (Phi) is 7.98. The highest BCUT2D eigenvalue weighted by Gasteiger charge is 2.22. The lowest BCUT2D eigenvalue weighted by Crippen LogP contribution is -2.45. The third kappa shape index (κ3) is 5.88. The number of aryl methyl sites for hydroxylation is 1. The number of nitrogens with one attached hydrogen (secondary N) is 2. The van der Waals surface area contributed by atoms with Crippen LogP contribution in [0.4, 0.5) is 0 Å². The third-order valence-electron chi connectivity index (χ3n) is 5.00. The highest BCUT2D eigenvalue weighted by molar-refractivity contribution is 5.79. The van der Waals surface area contributed by atoms with E-state index in [2.05, 4.69) is 27.4 Å². The van der Waals surface area contributed by atoms with Crippen molar-refractivity contribution in [2.24, 2.45) is 4.99 Å². The van der Waals surface area contributed by atoms with Gasteiger partial charge in [-0.05, 0) is 51.8 Å². The van der Waals surface area contributed by atoms with E-state index in [0.717, 1.165) is 50.7 Å². The fourth-order valence-electron chi connectivity index (χ4n) is 3.49. The first-order valence-electron chi connectivity index (χ1n) is 9.50. The van der Waals surface area contributed by atoms with Gasteiger partial charge in [0.1, 0.15) is 0 Å². The van der Waals surface area contributed by atoms with Crippen LogP contribution in [0.2, 0.25) is 0 Å². The second-order valence-electron chi connectivity index (χ2n) is 6.67. The van der Waals surface area contributed by atoms with E-state index in [1.54, 1.807) is 6.07 Å². The summed E-state index contributed by atoms with van der Waals surface area (Å²) in [7, 11) is 1.81. The number of hydrogen-bond donors (Lipinski definition) is 2. The smallest absolute Gasteiger partial charge is 0.250 e. The summed E-state index contributed by atoms with van der Waals surface area (Å²) in [6, 6.07) is 6.04. The largest absolute Gasteiger partial charge is 0.356 e. The molecule has 1 fully saturated rings. The predicted octanol–water partition coefficient (Wildman–Crippen LogP) is 1.59. The molecule has 1 saturated heterocycles. The van der Waals surface area contributed by atoms with E-state index in [1.165, 1.54) is 19.4 Å². The monoisotopic (exact) mass is 347 g/mol. The van der Waals surface area contributed by atoms with E-state index in [-0.39, 0.29) is 5.56 Å². The first-order chi connectivity index (χ1) is 12.2. The molecule has 1 aromatic rings. The molecule has 140 valence electrons. The summed E-state index contributed by atoms with van der Waals surface area (Å²) in [5, 5.41) is 6.82. The van der Waals surface area contributed by atoms with Gasteiger partial charge in [-0.1, -0.05) is 13.0 Å². The number of aromatic nitrogens is 1. The van der Waals surface area contributed by atoms with Gasteiger partial charge >= 0.3 is 0 Å². The quantitative estimate of drug-likeness (QED) is 0.426. The van der Waals surface area contributed by atoms with Crippen LogP contribution in [-0.2, 0) is 6.54 Å². The van der Waals surface area contributed by atoms with Crippen molar-refractivity contribution in [2.45, 2.75) is 52.1 Å². The zero-order chi connectivity index (χ0) is 18.1. The molecule has 0 saturated carbocycles. The molecule has 1 aliphatic rings. The SMILES string of the molecule is CCN1CCCC1CNC(=NC)NCCCCn1c(C)cccc1=O. The second kappa shape index (κ2) is 10.2. The molecule has 2 heterocycles. The number of rotatable bonds is 8. The molecule has 0 aliphatic carbocycles. The predicted molar refractivity (Wildman–Crippen MR) is 104 cm³/mol. The average molecular weight is 348 g/mol. The molecule has 6 heteroatoms. The van der Waals surface area contributed by atoms with Gasteiger partial charge in [0.2, 0.25) is 0 Å². The Bertz CT molecular complexity index is 610. The molecule has 1 aliphatic heterocycles. The zero-order valence-corrected chi connectivity index (χ0v) is 15.9. The zero-order valence-electron chi connectivity index (χ0n) is 15.9. The van der Waals surface area contributed by atoms with Crippen molar-refractivity contribution in [3.8, 4) is 0 Å². The minimum absolute atomic E-state index is 0.0856. The first kappa shape index (κ1) is 19.5. The van der Waals surface area contributed by atoms with Gasteiger partial charge in [-0.2, -0.15) is 0 Å². The van der Waals surface area contributed by atoms with Gasteiger partial charge in [0.15, 0.2) is 5.96 Å². The topological polar surface area (TPSA) is 61.7 Å². The summed E-state index contributed by atoms with van der Waals surface area (Å²) >= 11 is 0. The van der Waals surface area contributed by atoms with Crippen molar-refractivity contribution in [3.05, 3.63) is 34.2 Å². The second-order valence-corrected chi connectivity index (χ2v) is 6.67. The van der Waals surface area contributed by atoms with Gasteiger partial charge in [0.25, 0.3) is 5.56 Å². The van der Waals surface area contributed by atoms with Crippen LogP contribution in [0, 0.1) is 6.92 Å². The van der Waals surface area contributed by atoms with Gasteiger partial charge in [-0.3, -0.25) is 14.7 Å². The van der Waals surface area contributed by atoms with E-state index >= 15 is 0 Å². The van der Waals surface area contributed by atoms with Crippen molar-refractivity contribution in [1.82, 2.24) is 20.1 Å². The van der Waals surface area contributed by atoms with Crippen molar-refractivity contribution < 1.29 is 0 Å². The maximum absolute atomic E-state index is 11.8. The van der Waals surface area contributed by atoms with Crippen LogP contribution < -0.4 is 16.2 Å². The van der Waals surface area contributed by atoms with E-state index in [4.69, 9.17) is 0 Å². The molecule has 0 radical (unpaired) electrons. The Morgan fingerprint density at radius 2 is 2.16 bits per heavy atom. The van der Waals surface area contributed by atoms with Gasteiger partial charge in [0.05, 0.1) is 0 Å². The van der Waals surface area contributed by atoms with E-state index in [1.807, 2.05) is 30.7 Å². The van der Waals surface area contributed by atoms with Gasteiger partial charge in [0, 0.05) is 44.5 Å². The molecule has 0 bridgehead atoms. The van der Waals surface area contributed by atoms with Crippen LogP contribution in [0.5, 0.6) is 0 Å². The Hall–Kier alpha value is -1.82. The summed E-state index contributed by atoms with van der Waals surface area (Å²) in [5.41, 5.74) is 1.11. The Balaban J connectivity index is 1.65. The van der Waals surface area contributed by atoms with Crippen LogP contribution in [0.25, 0.3) is 0 Å². The van der Waals surface area contributed by atoms with Crippen molar-refractivity contribution in [1.29, 1.82) is 0 Å². The maximum Gasteiger partial charge on any atom is 0.250 e. The molecule has 6 nitrogen and oxygen atoms in total. The fraction of sp³-hybridized carbons (Fsp3) is 0.684. The van der Waals surface area contributed by atoms with E-state index in [9.17, 15) is 4.79 Å². The van der Waals surface area contributed by atoms with Crippen molar-refractivity contribution >= 4 is 5.96 Å². The lowest BCUT2D eigenvalue weighted by atomic mass is 10.2. The van der Waals surface area contributed by atoms with Gasteiger partial charge in [-0.25, -0.2) is 0 Å². The maximum atomic E-state index is 11.8. The number of nitrogens with zero attached hydrogens (tertiary/aromatic N) is 3. The Morgan fingerprint density at radius 1 is 1.32 bits per heavy atom. The van der Waals surface area contributed by atoms with Gasteiger partial charge in [-0.15, -0.1) is 0 Å². The number of likely N-dealkylation sites (tertiary alicyclic amines) is 1. The molecular weight excluding hydrogens is 314 g/mol. The van der Waals surface area contributed by atoms with Crippen molar-refractivity contribution in [3.63, 3.8) is 0 Å². The van der Waals surface area contributed by atoms with E-state index in [0.29, 0.717) is 6.04 Å². The normalized spacial score (nSPS) is 18.5. The average Bonchev–Trinajstić information content (AvgIpc) is 3.07.